The van der Waals surface area contributed by atoms with Gasteiger partial charge in [-0.3, -0.25) is 0 Å². The van der Waals surface area contributed by atoms with Crippen LogP contribution >= 0.6 is 0 Å². The fraction of sp³-hybridized carbons (Fsp3) is 0. The Hall–Kier alpha value is -2.21. The number of hydrogen-bond acceptors (Lipinski definition) is 3. The Bertz CT molecular complexity index is 454. The molecule has 0 aliphatic heterocycles. The highest BCUT2D eigenvalue weighted by atomic mass is 14.8. The summed E-state index contributed by atoms with van der Waals surface area (Å²) in [6.07, 6.45) is 5.85. The molecule has 2 aromatic rings. The average molecular weight is 180 g/mol. The summed E-state index contributed by atoms with van der Waals surface area (Å²) >= 11 is 0. The Balaban J connectivity index is 2.40. The first-order valence-corrected chi connectivity index (χ1v) is 4.09. The van der Waals surface area contributed by atoms with Crippen molar-refractivity contribution in [2.75, 3.05) is 0 Å². The Labute approximate surface area is 81.7 Å². The maximum absolute atomic E-state index is 8.62. The molecule has 0 amide bonds. The standard InChI is InChI=1S/C11H6N3/c12-5-9-1-3-10(4-2-9)11-6-13-8-14-7-11/h1-4,6-7H. The lowest BCUT2D eigenvalue weighted by Gasteiger charge is -1.98. The largest absolute Gasteiger partial charge is 0.233 e. The van der Waals surface area contributed by atoms with Crippen molar-refractivity contribution in [3.05, 3.63) is 48.5 Å². The number of hydrogen-bond donors (Lipinski definition) is 0. The van der Waals surface area contributed by atoms with Crippen LogP contribution in [0, 0.1) is 17.7 Å². The Morgan fingerprint density at radius 1 is 1.00 bits per heavy atom. The minimum absolute atomic E-state index is 0.650. The monoisotopic (exact) mass is 180 g/mol. The van der Waals surface area contributed by atoms with Gasteiger partial charge in [-0.25, -0.2) is 9.97 Å². The highest BCUT2D eigenvalue weighted by Gasteiger charge is 1.97. The number of benzene rings is 1. The summed E-state index contributed by atoms with van der Waals surface area (Å²) < 4.78 is 0. The Morgan fingerprint density at radius 2 is 1.64 bits per heavy atom. The molecule has 0 aliphatic carbocycles. The Kier molecular flexibility index (Phi) is 2.20. The van der Waals surface area contributed by atoms with E-state index in [1.807, 2.05) is 12.1 Å². The topological polar surface area (TPSA) is 49.6 Å². The van der Waals surface area contributed by atoms with Crippen LogP contribution in [-0.4, -0.2) is 9.97 Å². The first kappa shape index (κ1) is 8.39. The second-order valence-electron chi connectivity index (χ2n) is 2.76. The molecule has 0 spiro atoms. The van der Waals surface area contributed by atoms with E-state index in [0.717, 1.165) is 11.1 Å². The predicted molar refractivity (Wildman–Crippen MR) is 51.0 cm³/mol. The average Bonchev–Trinajstić information content (AvgIpc) is 2.30. The van der Waals surface area contributed by atoms with Gasteiger partial charge in [0, 0.05) is 18.0 Å². The Morgan fingerprint density at radius 3 is 2.21 bits per heavy atom. The van der Waals surface area contributed by atoms with Crippen LogP contribution in [0.3, 0.4) is 0 Å². The smallest absolute Gasteiger partial charge is 0.197 e. The molecular formula is C11H6N3. The molecule has 1 aromatic carbocycles. The van der Waals surface area contributed by atoms with E-state index in [-0.39, 0.29) is 0 Å². The lowest BCUT2D eigenvalue weighted by atomic mass is 10.1. The van der Waals surface area contributed by atoms with Gasteiger partial charge in [0.25, 0.3) is 0 Å². The third-order valence-corrected chi connectivity index (χ3v) is 1.87. The molecule has 0 atom stereocenters. The van der Waals surface area contributed by atoms with Crippen LogP contribution in [-0.2, 0) is 0 Å². The molecule has 2 rings (SSSR count). The van der Waals surface area contributed by atoms with E-state index in [0.29, 0.717) is 5.56 Å². The van der Waals surface area contributed by atoms with Crippen LogP contribution in [0.1, 0.15) is 5.56 Å². The normalized spacial score (nSPS) is 9.36. The van der Waals surface area contributed by atoms with Crippen molar-refractivity contribution in [3.63, 3.8) is 0 Å². The lowest BCUT2D eigenvalue weighted by Crippen LogP contribution is -1.82. The highest BCUT2D eigenvalue weighted by molar-refractivity contribution is 5.62. The maximum atomic E-state index is 8.62. The van der Waals surface area contributed by atoms with Crippen LogP contribution in [0.2, 0.25) is 0 Å². The van der Waals surface area contributed by atoms with E-state index < -0.39 is 0 Å². The molecule has 0 fully saturated rings. The van der Waals surface area contributed by atoms with Crippen molar-refractivity contribution < 1.29 is 0 Å². The molecule has 1 aromatic heterocycles. The predicted octanol–water partition coefficient (Wildman–Crippen LogP) is 1.82. The summed E-state index contributed by atoms with van der Waals surface area (Å²) in [6.45, 7) is 0. The quantitative estimate of drug-likeness (QED) is 0.672. The molecule has 65 valence electrons. The summed E-state index contributed by atoms with van der Waals surface area (Å²) in [4.78, 5) is 7.61. The number of nitriles is 1. The third kappa shape index (κ3) is 1.59. The number of nitrogens with zero attached hydrogens (tertiary/aromatic N) is 3. The number of aromatic nitrogens is 2. The molecule has 14 heavy (non-hydrogen) atoms. The molecule has 3 heteroatoms. The molecule has 0 saturated heterocycles. The minimum Gasteiger partial charge on any atom is -0.233 e. The zero-order valence-electron chi connectivity index (χ0n) is 7.31. The lowest BCUT2D eigenvalue weighted by molar-refractivity contribution is 1.15. The van der Waals surface area contributed by atoms with Crippen molar-refractivity contribution in [3.8, 4) is 17.2 Å². The second-order valence-corrected chi connectivity index (χ2v) is 2.76. The van der Waals surface area contributed by atoms with Crippen molar-refractivity contribution in [1.29, 1.82) is 5.26 Å². The highest BCUT2D eigenvalue weighted by Crippen LogP contribution is 2.16. The van der Waals surface area contributed by atoms with Crippen molar-refractivity contribution in [2.24, 2.45) is 0 Å². The molecule has 0 bridgehead atoms. The molecule has 0 aliphatic rings. The van der Waals surface area contributed by atoms with Gasteiger partial charge < -0.3 is 0 Å². The van der Waals surface area contributed by atoms with Crippen LogP contribution in [0.25, 0.3) is 11.1 Å². The molecule has 0 unspecified atom stereocenters. The van der Waals surface area contributed by atoms with Gasteiger partial charge in [0.1, 0.15) is 0 Å². The summed E-state index contributed by atoms with van der Waals surface area (Å²) in [5, 5.41) is 8.62. The van der Waals surface area contributed by atoms with Crippen molar-refractivity contribution >= 4 is 0 Å². The molecule has 0 N–H and O–H groups in total. The summed E-state index contributed by atoms with van der Waals surface area (Å²) in [5.74, 6) is 0. The van der Waals surface area contributed by atoms with E-state index in [9.17, 15) is 0 Å². The van der Waals surface area contributed by atoms with E-state index in [2.05, 4.69) is 22.4 Å². The van der Waals surface area contributed by atoms with E-state index in [1.165, 1.54) is 0 Å². The van der Waals surface area contributed by atoms with Crippen molar-refractivity contribution in [2.45, 2.75) is 0 Å². The van der Waals surface area contributed by atoms with Gasteiger partial charge in [-0.2, -0.15) is 5.26 Å². The van der Waals surface area contributed by atoms with Crippen molar-refractivity contribution in [1.82, 2.24) is 9.97 Å². The minimum atomic E-state index is 0.650. The van der Waals surface area contributed by atoms with Crippen LogP contribution < -0.4 is 0 Å². The molecule has 3 nitrogen and oxygen atoms in total. The summed E-state index contributed by atoms with van der Waals surface area (Å²) in [7, 11) is 0. The molecule has 0 saturated carbocycles. The summed E-state index contributed by atoms with van der Waals surface area (Å²) in [5.41, 5.74) is 2.57. The zero-order valence-corrected chi connectivity index (χ0v) is 7.31. The second kappa shape index (κ2) is 3.67. The van der Waals surface area contributed by atoms with Gasteiger partial charge >= 0.3 is 0 Å². The number of rotatable bonds is 1. The van der Waals surface area contributed by atoms with Gasteiger partial charge in [0.2, 0.25) is 0 Å². The SMILES string of the molecule is N#Cc1ccc(-c2cn[c]nc2)cc1. The fourth-order valence-corrected chi connectivity index (χ4v) is 1.15. The van der Waals surface area contributed by atoms with Crippen LogP contribution in [0.5, 0.6) is 0 Å². The van der Waals surface area contributed by atoms with E-state index in [1.54, 1.807) is 24.5 Å². The maximum Gasteiger partial charge on any atom is 0.197 e. The van der Waals surface area contributed by atoms with Gasteiger partial charge in [-0.05, 0) is 17.7 Å². The molecule has 1 heterocycles. The van der Waals surface area contributed by atoms with E-state index >= 15 is 0 Å². The van der Waals surface area contributed by atoms with Crippen LogP contribution in [0.4, 0.5) is 0 Å². The van der Waals surface area contributed by atoms with E-state index in [4.69, 9.17) is 5.26 Å². The summed E-state index contributed by atoms with van der Waals surface area (Å²) in [6, 6.07) is 9.35. The van der Waals surface area contributed by atoms with Gasteiger partial charge in [-0.1, -0.05) is 12.1 Å². The van der Waals surface area contributed by atoms with Crippen LogP contribution in [0.15, 0.2) is 36.7 Å². The zero-order chi connectivity index (χ0) is 9.80. The first-order valence-electron chi connectivity index (χ1n) is 4.09. The van der Waals surface area contributed by atoms with Gasteiger partial charge in [-0.15, -0.1) is 0 Å². The fourth-order valence-electron chi connectivity index (χ4n) is 1.15. The first-order chi connectivity index (χ1) is 6.90. The molecular weight excluding hydrogens is 174 g/mol. The van der Waals surface area contributed by atoms with Gasteiger partial charge in [0.15, 0.2) is 6.33 Å². The van der Waals surface area contributed by atoms with Gasteiger partial charge in [0.05, 0.1) is 11.6 Å². The molecule has 1 radical (unpaired) electrons. The third-order valence-electron chi connectivity index (χ3n) is 1.87.